The van der Waals surface area contributed by atoms with Gasteiger partial charge in [0.05, 0.1) is 6.10 Å². The SMILES string of the molecule is CC(C)Oc1ccc(C2CC[C@H](C)C2)c(C(=O)N2CCCCC2(C)C)c1. The quantitative estimate of drug-likeness (QED) is 0.683. The van der Waals surface area contributed by atoms with Crippen molar-refractivity contribution in [1.29, 1.82) is 0 Å². The predicted octanol–water partition coefficient (Wildman–Crippen LogP) is 5.78. The molecule has 2 aliphatic rings. The molecule has 1 saturated heterocycles. The highest BCUT2D eigenvalue weighted by Crippen LogP contribution is 2.41. The molecular formula is C23H35NO2. The number of benzene rings is 1. The van der Waals surface area contributed by atoms with E-state index in [4.69, 9.17) is 4.74 Å². The first-order chi connectivity index (χ1) is 12.3. The summed E-state index contributed by atoms with van der Waals surface area (Å²) in [5, 5.41) is 0. The molecule has 1 aromatic carbocycles. The summed E-state index contributed by atoms with van der Waals surface area (Å²) in [4.78, 5) is 15.7. The van der Waals surface area contributed by atoms with Crippen LogP contribution in [0, 0.1) is 5.92 Å². The van der Waals surface area contributed by atoms with E-state index in [-0.39, 0.29) is 17.6 Å². The fraction of sp³-hybridized carbons (Fsp3) is 0.696. The van der Waals surface area contributed by atoms with Gasteiger partial charge in [0, 0.05) is 17.6 Å². The van der Waals surface area contributed by atoms with E-state index in [2.05, 4.69) is 37.8 Å². The Labute approximate surface area is 159 Å². The molecule has 0 bridgehead atoms. The zero-order valence-electron chi connectivity index (χ0n) is 17.2. The summed E-state index contributed by atoms with van der Waals surface area (Å²) in [6.45, 7) is 11.7. The number of amides is 1. The van der Waals surface area contributed by atoms with Crippen LogP contribution in [-0.2, 0) is 0 Å². The van der Waals surface area contributed by atoms with Crippen molar-refractivity contribution in [3.05, 3.63) is 29.3 Å². The van der Waals surface area contributed by atoms with Gasteiger partial charge in [-0.2, -0.15) is 0 Å². The molecule has 1 saturated carbocycles. The lowest BCUT2D eigenvalue weighted by atomic mass is 9.87. The van der Waals surface area contributed by atoms with Gasteiger partial charge in [0.15, 0.2) is 0 Å². The molecule has 3 rings (SSSR count). The van der Waals surface area contributed by atoms with Gasteiger partial charge >= 0.3 is 0 Å². The van der Waals surface area contributed by atoms with E-state index in [1.165, 1.54) is 31.2 Å². The average molecular weight is 358 g/mol. The molecule has 3 heteroatoms. The summed E-state index contributed by atoms with van der Waals surface area (Å²) >= 11 is 0. The van der Waals surface area contributed by atoms with Gasteiger partial charge in [0.2, 0.25) is 0 Å². The van der Waals surface area contributed by atoms with Crippen LogP contribution in [0.15, 0.2) is 18.2 Å². The van der Waals surface area contributed by atoms with Crippen molar-refractivity contribution in [2.45, 2.75) is 90.7 Å². The number of likely N-dealkylation sites (tertiary alicyclic amines) is 1. The monoisotopic (exact) mass is 357 g/mol. The Balaban J connectivity index is 1.97. The molecule has 1 aromatic rings. The van der Waals surface area contributed by atoms with E-state index in [0.29, 0.717) is 5.92 Å². The van der Waals surface area contributed by atoms with Crippen LogP contribution in [-0.4, -0.2) is 29.0 Å². The standard InChI is InChI=1S/C23H35NO2/c1-16(2)26-19-10-11-20(18-9-8-17(3)14-18)21(15-19)22(25)24-13-7-6-12-23(24,4)5/h10-11,15-18H,6-9,12-14H2,1-5H3/t17-,18?/m0/s1. The molecule has 0 spiro atoms. The number of nitrogens with zero attached hydrogens (tertiary/aromatic N) is 1. The number of rotatable bonds is 4. The number of carbonyl (C=O) groups excluding carboxylic acids is 1. The van der Waals surface area contributed by atoms with E-state index in [1.54, 1.807) is 0 Å². The Morgan fingerprint density at radius 2 is 2.00 bits per heavy atom. The Morgan fingerprint density at radius 3 is 2.62 bits per heavy atom. The Kier molecular flexibility index (Phi) is 5.64. The first-order valence-corrected chi connectivity index (χ1v) is 10.4. The molecule has 1 unspecified atom stereocenters. The van der Waals surface area contributed by atoms with Gasteiger partial charge in [-0.25, -0.2) is 0 Å². The van der Waals surface area contributed by atoms with Crippen molar-refractivity contribution >= 4 is 5.91 Å². The smallest absolute Gasteiger partial charge is 0.254 e. The molecule has 1 heterocycles. The molecule has 26 heavy (non-hydrogen) atoms. The summed E-state index contributed by atoms with van der Waals surface area (Å²) in [6, 6.07) is 6.21. The van der Waals surface area contributed by atoms with Gasteiger partial charge in [-0.1, -0.05) is 19.4 Å². The molecule has 1 aliphatic carbocycles. The maximum absolute atomic E-state index is 13.6. The van der Waals surface area contributed by atoms with Gasteiger partial charge < -0.3 is 9.64 Å². The number of hydrogen-bond donors (Lipinski definition) is 0. The fourth-order valence-electron chi connectivity index (χ4n) is 4.70. The van der Waals surface area contributed by atoms with Crippen LogP contribution in [0.25, 0.3) is 0 Å². The first kappa shape index (κ1) is 19.3. The zero-order valence-corrected chi connectivity index (χ0v) is 17.2. The topological polar surface area (TPSA) is 29.5 Å². The lowest BCUT2D eigenvalue weighted by Crippen LogP contribution is -2.50. The van der Waals surface area contributed by atoms with Crippen LogP contribution in [0.4, 0.5) is 0 Å². The highest BCUT2D eigenvalue weighted by Gasteiger charge is 2.36. The van der Waals surface area contributed by atoms with E-state index in [9.17, 15) is 4.79 Å². The Morgan fingerprint density at radius 1 is 1.23 bits per heavy atom. The van der Waals surface area contributed by atoms with Crippen molar-refractivity contribution in [1.82, 2.24) is 4.90 Å². The number of piperidine rings is 1. The normalized spacial score (nSPS) is 25.5. The summed E-state index contributed by atoms with van der Waals surface area (Å²) in [7, 11) is 0. The maximum atomic E-state index is 13.6. The molecule has 3 nitrogen and oxygen atoms in total. The zero-order chi connectivity index (χ0) is 18.9. The molecule has 2 atom stereocenters. The molecule has 0 N–H and O–H groups in total. The van der Waals surface area contributed by atoms with Crippen molar-refractivity contribution < 1.29 is 9.53 Å². The molecule has 0 aromatic heterocycles. The van der Waals surface area contributed by atoms with E-state index >= 15 is 0 Å². The predicted molar refractivity (Wildman–Crippen MR) is 107 cm³/mol. The minimum absolute atomic E-state index is 0.0650. The maximum Gasteiger partial charge on any atom is 0.254 e. The summed E-state index contributed by atoms with van der Waals surface area (Å²) in [5.74, 6) is 2.26. The van der Waals surface area contributed by atoms with E-state index < -0.39 is 0 Å². The number of ether oxygens (including phenoxy) is 1. The number of hydrogen-bond acceptors (Lipinski definition) is 2. The molecule has 0 radical (unpaired) electrons. The van der Waals surface area contributed by atoms with Crippen LogP contribution >= 0.6 is 0 Å². The van der Waals surface area contributed by atoms with Crippen molar-refractivity contribution in [2.75, 3.05) is 6.54 Å². The van der Waals surface area contributed by atoms with Gasteiger partial charge in [0.25, 0.3) is 5.91 Å². The summed E-state index contributed by atoms with van der Waals surface area (Å²) in [5.41, 5.74) is 2.04. The summed E-state index contributed by atoms with van der Waals surface area (Å²) in [6.07, 6.45) is 7.15. The van der Waals surface area contributed by atoms with Crippen molar-refractivity contribution in [3.63, 3.8) is 0 Å². The largest absolute Gasteiger partial charge is 0.491 e. The third-order valence-corrected chi connectivity index (χ3v) is 6.16. The summed E-state index contributed by atoms with van der Waals surface area (Å²) < 4.78 is 5.91. The second-order valence-corrected chi connectivity index (χ2v) is 9.26. The minimum Gasteiger partial charge on any atom is -0.491 e. The van der Waals surface area contributed by atoms with Crippen LogP contribution in [0.1, 0.15) is 95.0 Å². The molecule has 2 fully saturated rings. The van der Waals surface area contributed by atoms with Gasteiger partial charge in [0.1, 0.15) is 5.75 Å². The second kappa shape index (κ2) is 7.62. The Bertz CT molecular complexity index is 650. The number of carbonyl (C=O) groups is 1. The van der Waals surface area contributed by atoms with Gasteiger partial charge in [-0.05, 0) is 89.3 Å². The lowest BCUT2D eigenvalue weighted by molar-refractivity contribution is 0.0431. The first-order valence-electron chi connectivity index (χ1n) is 10.4. The molecular weight excluding hydrogens is 322 g/mol. The lowest BCUT2D eigenvalue weighted by Gasteiger charge is -2.43. The van der Waals surface area contributed by atoms with Crippen LogP contribution in [0.5, 0.6) is 5.75 Å². The third kappa shape index (κ3) is 4.07. The average Bonchev–Trinajstić information content (AvgIpc) is 2.99. The van der Waals surface area contributed by atoms with Gasteiger partial charge in [-0.15, -0.1) is 0 Å². The van der Waals surface area contributed by atoms with Crippen molar-refractivity contribution in [2.24, 2.45) is 5.92 Å². The van der Waals surface area contributed by atoms with E-state index in [0.717, 1.165) is 36.6 Å². The Hall–Kier alpha value is -1.51. The molecule has 1 aliphatic heterocycles. The second-order valence-electron chi connectivity index (χ2n) is 9.26. The minimum atomic E-state index is -0.0650. The van der Waals surface area contributed by atoms with Crippen LogP contribution in [0.3, 0.4) is 0 Å². The highest BCUT2D eigenvalue weighted by molar-refractivity contribution is 5.97. The van der Waals surface area contributed by atoms with Crippen molar-refractivity contribution in [3.8, 4) is 5.75 Å². The molecule has 1 amide bonds. The van der Waals surface area contributed by atoms with Crippen LogP contribution in [0.2, 0.25) is 0 Å². The van der Waals surface area contributed by atoms with Crippen LogP contribution < -0.4 is 4.74 Å². The molecule has 144 valence electrons. The van der Waals surface area contributed by atoms with Gasteiger partial charge in [-0.3, -0.25) is 4.79 Å². The fourth-order valence-corrected chi connectivity index (χ4v) is 4.70. The van der Waals surface area contributed by atoms with E-state index in [1.807, 2.05) is 19.9 Å². The third-order valence-electron chi connectivity index (χ3n) is 6.16. The highest BCUT2D eigenvalue weighted by atomic mass is 16.5.